The minimum atomic E-state index is -0.618. The Balaban J connectivity index is 1.61. The number of anilines is 1. The molecule has 0 aromatic heterocycles. The fraction of sp³-hybridized carbons (Fsp3) is 0.429. The van der Waals surface area contributed by atoms with Crippen molar-refractivity contribution in [2.75, 3.05) is 45.3 Å². The SMILES string of the molecule is CCOC(=O)C1=C(CN(C)Cc2ccccc2N2CCCCC2)NC(=O)N[C@H]1c1ccc(OC)cc1. The van der Waals surface area contributed by atoms with Gasteiger partial charge in [0.25, 0.3) is 0 Å². The quantitative estimate of drug-likeness (QED) is 0.515. The number of carbonyl (C=O) groups is 2. The summed E-state index contributed by atoms with van der Waals surface area (Å²) in [4.78, 5) is 30.3. The van der Waals surface area contributed by atoms with Crippen LogP contribution in [0.2, 0.25) is 0 Å². The molecule has 192 valence electrons. The zero-order chi connectivity index (χ0) is 25.5. The van der Waals surface area contributed by atoms with Crippen LogP contribution in [0.15, 0.2) is 59.8 Å². The van der Waals surface area contributed by atoms with Crippen LogP contribution in [0.3, 0.4) is 0 Å². The molecule has 1 atom stereocenters. The van der Waals surface area contributed by atoms with Crippen molar-refractivity contribution in [1.29, 1.82) is 0 Å². The van der Waals surface area contributed by atoms with E-state index in [9.17, 15) is 9.59 Å². The molecule has 1 fully saturated rings. The largest absolute Gasteiger partial charge is 0.497 e. The summed E-state index contributed by atoms with van der Waals surface area (Å²) in [5.41, 5.74) is 4.24. The Morgan fingerprint density at radius 3 is 2.47 bits per heavy atom. The number of benzene rings is 2. The maximum absolute atomic E-state index is 13.1. The number of rotatable bonds is 9. The average Bonchev–Trinajstić information content (AvgIpc) is 2.89. The second-order valence-corrected chi connectivity index (χ2v) is 9.27. The van der Waals surface area contributed by atoms with E-state index in [4.69, 9.17) is 9.47 Å². The minimum absolute atomic E-state index is 0.248. The molecule has 2 heterocycles. The summed E-state index contributed by atoms with van der Waals surface area (Å²) in [7, 11) is 3.60. The molecule has 0 unspecified atom stereocenters. The van der Waals surface area contributed by atoms with Crippen LogP contribution in [-0.2, 0) is 16.1 Å². The number of piperidine rings is 1. The Kier molecular flexibility index (Phi) is 8.48. The number of para-hydroxylation sites is 1. The fourth-order valence-electron chi connectivity index (χ4n) is 4.94. The lowest BCUT2D eigenvalue weighted by Gasteiger charge is -2.33. The number of hydrogen-bond donors (Lipinski definition) is 2. The number of nitrogens with one attached hydrogen (secondary N) is 2. The lowest BCUT2D eigenvalue weighted by molar-refractivity contribution is -0.139. The second kappa shape index (κ2) is 11.9. The standard InChI is InChI=1S/C28H36N4O4/c1-4-36-27(33)25-23(29-28(34)30-26(25)20-12-14-22(35-3)15-13-20)19-31(2)18-21-10-6-7-11-24(21)32-16-8-5-9-17-32/h6-7,10-15,26H,4-5,8-9,16-19H2,1-3H3,(H2,29,30,34)/t26-/m0/s1. The Labute approximate surface area is 213 Å². The van der Waals surface area contributed by atoms with Crippen molar-refractivity contribution in [3.8, 4) is 5.75 Å². The highest BCUT2D eigenvalue weighted by Crippen LogP contribution is 2.30. The smallest absolute Gasteiger partial charge is 0.338 e. The van der Waals surface area contributed by atoms with E-state index in [1.54, 1.807) is 14.0 Å². The number of amides is 2. The van der Waals surface area contributed by atoms with Crippen molar-refractivity contribution < 1.29 is 19.1 Å². The lowest BCUT2D eigenvalue weighted by atomic mass is 9.95. The monoisotopic (exact) mass is 492 g/mol. The van der Waals surface area contributed by atoms with Gasteiger partial charge in [0.15, 0.2) is 0 Å². The van der Waals surface area contributed by atoms with E-state index < -0.39 is 12.0 Å². The lowest BCUT2D eigenvalue weighted by Crippen LogP contribution is -2.48. The summed E-state index contributed by atoms with van der Waals surface area (Å²) in [5.74, 6) is 0.260. The van der Waals surface area contributed by atoms with E-state index >= 15 is 0 Å². The highest BCUT2D eigenvalue weighted by Gasteiger charge is 2.34. The third-order valence-electron chi connectivity index (χ3n) is 6.65. The molecule has 2 aliphatic rings. The van der Waals surface area contributed by atoms with E-state index in [1.807, 2.05) is 31.3 Å². The minimum Gasteiger partial charge on any atom is -0.497 e. The summed E-state index contributed by atoms with van der Waals surface area (Å²) < 4.78 is 10.7. The van der Waals surface area contributed by atoms with Gasteiger partial charge in [0.2, 0.25) is 0 Å². The van der Waals surface area contributed by atoms with Gasteiger partial charge in [-0.3, -0.25) is 4.90 Å². The zero-order valence-electron chi connectivity index (χ0n) is 21.4. The first-order chi connectivity index (χ1) is 17.5. The van der Waals surface area contributed by atoms with Crippen molar-refractivity contribution in [3.63, 3.8) is 0 Å². The molecule has 0 spiro atoms. The first-order valence-electron chi connectivity index (χ1n) is 12.6. The summed E-state index contributed by atoms with van der Waals surface area (Å²) in [6.45, 7) is 5.25. The van der Waals surface area contributed by atoms with Crippen LogP contribution in [0.5, 0.6) is 5.75 Å². The highest BCUT2D eigenvalue weighted by atomic mass is 16.5. The Morgan fingerprint density at radius 2 is 1.78 bits per heavy atom. The molecule has 2 aliphatic heterocycles. The van der Waals surface area contributed by atoms with E-state index in [0.717, 1.165) is 18.7 Å². The van der Waals surface area contributed by atoms with E-state index in [-0.39, 0.29) is 12.6 Å². The Bertz CT molecular complexity index is 1090. The number of nitrogens with zero attached hydrogens (tertiary/aromatic N) is 2. The Hall–Kier alpha value is -3.52. The van der Waals surface area contributed by atoms with E-state index in [1.165, 1.54) is 30.5 Å². The molecule has 2 N–H and O–H groups in total. The predicted octanol–water partition coefficient (Wildman–Crippen LogP) is 3.99. The van der Waals surface area contributed by atoms with Crippen molar-refractivity contribution in [2.24, 2.45) is 0 Å². The van der Waals surface area contributed by atoms with Crippen molar-refractivity contribution in [1.82, 2.24) is 15.5 Å². The van der Waals surface area contributed by atoms with Crippen LogP contribution in [0, 0.1) is 0 Å². The molecular weight excluding hydrogens is 456 g/mol. The van der Waals surface area contributed by atoms with Crippen LogP contribution in [-0.4, -0.2) is 57.3 Å². The predicted molar refractivity (Wildman–Crippen MR) is 140 cm³/mol. The van der Waals surface area contributed by atoms with Crippen LogP contribution in [0.25, 0.3) is 0 Å². The number of carbonyl (C=O) groups excluding carboxylic acids is 2. The topological polar surface area (TPSA) is 83.1 Å². The molecule has 2 amide bonds. The van der Waals surface area contributed by atoms with Crippen LogP contribution < -0.4 is 20.3 Å². The number of ether oxygens (including phenoxy) is 2. The van der Waals surface area contributed by atoms with Gasteiger partial charge in [-0.1, -0.05) is 30.3 Å². The highest BCUT2D eigenvalue weighted by molar-refractivity contribution is 5.95. The van der Waals surface area contributed by atoms with Gasteiger partial charge in [0.05, 0.1) is 25.3 Å². The molecule has 4 rings (SSSR count). The average molecular weight is 493 g/mol. The number of esters is 1. The summed E-state index contributed by atoms with van der Waals surface area (Å²) in [6, 6.07) is 14.9. The molecule has 36 heavy (non-hydrogen) atoms. The third kappa shape index (κ3) is 5.99. The molecule has 0 radical (unpaired) electrons. The third-order valence-corrected chi connectivity index (χ3v) is 6.65. The van der Waals surface area contributed by atoms with Crippen molar-refractivity contribution in [3.05, 3.63) is 70.9 Å². The number of methoxy groups -OCH3 is 1. The maximum Gasteiger partial charge on any atom is 0.338 e. The van der Waals surface area contributed by atoms with Crippen molar-refractivity contribution in [2.45, 2.75) is 38.8 Å². The molecule has 0 saturated carbocycles. The van der Waals surface area contributed by atoms with Gasteiger partial charge in [-0.2, -0.15) is 0 Å². The second-order valence-electron chi connectivity index (χ2n) is 9.27. The number of likely N-dealkylation sites (N-methyl/N-ethyl adjacent to an activating group) is 1. The van der Waals surface area contributed by atoms with Crippen molar-refractivity contribution >= 4 is 17.7 Å². The summed E-state index contributed by atoms with van der Waals surface area (Å²) in [6.07, 6.45) is 3.71. The van der Waals surface area contributed by atoms with E-state index in [2.05, 4.69) is 44.7 Å². The molecule has 0 bridgehead atoms. The van der Waals surface area contributed by atoms with Gasteiger partial charge in [-0.05, 0) is 62.6 Å². The molecule has 2 aromatic rings. The van der Waals surface area contributed by atoms with Gasteiger partial charge in [-0.25, -0.2) is 9.59 Å². The number of urea groups is 1. The zero-order valence-corrected chi connectivity index (χ0v) is 21.4. The molecule has 8 heteroatoms. The van der Waals surface area contributed by atoms with Gasteiger partial charge >= 0.3 is 12.0 Å². The molecule has 2 aromatic carbocycles. The first-order valence-corrected chi connectivity index (χ1v) is 12.6. The summed E-state index contributed by atoms with van der Waals surface area (Å²) >= 11 is 0. The van der Waals surface area contributed by atoms with Gasteiger partial charge in [0, 0.05) is 37.6 Å². The molecule has 1 saturated heterocycles. The number of hydrogen-bond acceptors (Lipinski definition) is 6. The van der Waals surface area contributed by atoms with Crippen LogP contribution in [0.4, 0.5) is 10.5 Å². The normalized spacial score (nSPS) is 18.1. The molecular formula is C28H36N4O4. The molecule has 8 nitrogen and oxygen atoms in total. The van der Waals surface area contributed by atoms with Crippen LogP contribution >= 0.6 is 0 Å². The van der Waals surface area contributed by atoms with Gasteiger partial charge < -0.3 is 25.0 Å². The molecule has 0 aliphatic carbocycles. The summed E-state index contributed by atoms with van der Waals surface area (Å²) in [5, 5.41) is 5.76. The Morgan fingerprint density at radius 1 is 1.06 bits per heavy atom. The van der Waals surface area contributed by atoms with Gasteiger partial charge in [-0.15, -0.1) is 0 Å². The van der Waals surface area contributed by atoms with Gasteiger partial charge in [0.1, 0.15) is 5.75 Å². The fourth-order valence-corrected chi connectivity index (χ4v) is 4.94. The van der Waals surface area contributed by atoms with E-state index in [0.29, 0.717) is 30.1 Å². The maximum atomic E-state index is 13.1. The van der Waals surface area contributed by atoms with Crippen LogP contribution in [0.1, 0.15) is 43.4 Å². The first kappa shape index (κ1) is 25.6.